The topological polar surface area (TPSA) is 66.4 Å². The molecule has 0 saturated heterocycles. The van der Waals surface area contributed by atoms with E-state index < -0.39 is 11.4 Å². The number of rotatable bonds is 10. The van der Waals surface area contributed by atoms with Gasteiger partial charge in [0.25, 0.3) is 0 Å². The van der Waals surface area contributed by atoms with Crippen molar-refractivity contribution in [3.05, 3.63) is 0 Å². The molecule has 2 N–H and O–H groups in total. The van der Waals surface area contributed by atoms with Gasteiger partial charge in [-0.3, -0.25) is 9.59 Å². The van der Waals surface area contributed by atoms with E-state index in [4.69, 9.17) is 5.11 Å². The largest absolute Gasteiger partial charge is 0.481 e. The van der Waals surface area contributed by atoms with E-state index in [0.29, 0.717) is 0 Å². The van der Waals surface area contributed by atoms with E-state index >= 15 is 0 Å². The summed E-state index contributed by atoms with van der Waals surface area (Å²) in [5.74, 6) is -0.880. The van der Waals surface area contributed by atoms with Crippen LogP contribution in [0.3, 0.4) is 0 Å². The molecule has 112 valence electrons. The van der Waals surface area contributed by atoms with Crippen LogP contribution in [0.15, 0.2) is 0 Å². The molecule has 0 saturated carbocycles. The summed E-state index contributed by atoms with van der Waals surface area (Å²) in [6, 6.07) is 0.234. The van der Waals surface area contributed by atoms with Crippen LogP contribution in [0, 0.1) is 5.41 Å². The predicted octanol–water partition coefficient (Wildman–Crippen LogP) is 3.35. The average molecular weight is 271 g/mol. The SMILES string of the molecule is CCCCC(CCC)NC(=O)CC(C)(C)CC(=O)O. The first-order valence-electron chi connectivity index (χ1n) is 7.32. The molecule has 1 atom stereocenters. The number of carboxylic acids is 1. The van der Waals surface area contributed by atoms with E-state index in [1.165, 1.54) is 0 Å². The Balaban J connectivity index is 4.27. The minimum atomic E-state index is -0.853. The van der Waals surface area contributed by atoms with Crippen molar-refractivity contribution in [1.29, 1.82) is 0 Å². The summed E-state index contributed by atoms with van der Waals surface area (Å²) in [6.45, 7) is 7.89. The van der Waals surface area contributed by atoms with Crippen molar-refractivity contribution in [2.45, 2.75) is 78.7 Å². The highest BCUT2D eigenvalue weighted by molar-refractivity contribution is 5.78. The van der Waals surface area contributed by atoms with Gasteiger partial charge in [0.2, 0.25) is 5.91 Å². The maximum Gasteiger partial charge on any atom is 0.303 e. The van der Waals surface area contributed by atoms with Crippen molar-refractivity contribution in [2.24, 2.45) is 5.41 Å². The molecule has 4 nitrogen and oxygen atoms in total. The molecule has 0 aliphatic rings. The van der Waals surface area contributed by atoms with Gasteiger partial charge < -0.3 is 10.4 Å². The van der Waals surface area contributed by atoms with Crippen molar-refractivity contribution in [3.63, 3.8) is 0 Å². The van der Waals surface area contributed by atoms with Crippen LogP contribution in [0.2, 0.25) is 0 Å². The zero-order chi connectivity index (χ0) is 14.9. The van der Waals surface area contributed by atoms with Gasteiger partial charge >= 0.3 is 5.97 Å². The Bertz CT molecular complexity index is 287. The second-order valence-electron chi connectivity index (χ2n) is 6.11. The van der Waals surface area contributed by atoms with Gasteiger partial charge in [-0.2, -0.15) is 0 Å². The molecular weight excluding hydrogens is 242 g/mol. The second-order valence-corrected chi connectivity index (χ2v) is 6.11. The number of carboxylic acid groups (broad SMARTS) is 1. The maximum absolute atomic E-state index is 12.0. The third kappa shape index (κ3) is 9.51. The summed E-state index contributed by atoms with van der Waals surface area (Å²) in [5.41, 5.74) is -0.489. The third-order valence-corrected chi connectivity index (χ3v) is 3.18. The first kappa shape index (κ1) is 17.9. The van der Waals surface area contributed by atoms with Crippen molar-refractivity contribution >= 4 is 11.9 Å². The van der Waals surface area contributed by atoms with E-state index in [2.05, 4.69) is 19.2 Å². The quantitative estimate of drug-likeness (QED) is 0.640. The zero-order valence-electron chi connectivity index (χ0n) is 12.8. The Morgan fingerprint density at radius 1 is 1.11 bits per heavy atom. The lowest BCUT2D eigenvalue weighted by Crippen LogP contribution is -2.37. The van der Waals surface area contributed by atoms with Crippen LogP contribution < -0.4 is 5.32 Å². The van der Waals surface area contributed by atoms with Crippen molar-refractivity contribution < 1.29 is 14.7 Å². The lowest BCUT2D eigenvalue weighted by Gasteiger charge is -2.24. The fourth-order valence-corrected chi connectivity index (χ4v) is 2.27. The number of nitrogens with one attached hydrogen (secondary N) is 1. The summed E-state index contributed by atoms with van der Waals surface area (Å²) in [5, 5.41) is 11.9. The highest BCUT2D eigenvalue weighted by Crippen LogP contribution is 2.25. The van der Waals surface area contributed by atoms with Crippen LogP contribution >= 0.6 is 0 Å². The molecule has 0 aliphatic heterocycles. The van der Waals surface area contributed by atoms with Gasteiger partial charge in [-0.15, -0.1) is 0 Å². The number of amides is 1. The molecule has 1 amide bonds. The van der Waals surface area contributed by atoms with Crippen LogP contribution in [0.4, 0.5) is 0 Å². The second kappa shape index (κ2) is 8.94. The number of aliphatic carboxylic acids is 1. The summed E-state index contributed by atoms with van der Waals surface area (Å²) in [7, 11) is 0. The van der Waals surface area contributed by atoms with Crippen LogP contribution in [0.1, 0.15) is 72.6 Å². The van der Waals surface area contributed by atoms with E-state index in [-0.39, 0.29) is 24.8 Å². The number of carbonyl (C=O) groups is 2. The fraction of sp³-hybridized carbons (Fsp3) is 0.867. The number of hydrogen-bond donors (Lipinski definition) is 2. The average Bonchev–Trinajstić information content (AvgIpc) is 2.23. The number of hydrogen-bond acceptors (Lipinski definition) is 2. The van der Waals surface area contributed by atoms with Gasteiger partial charge in [-0.1, -0.05) is 47.0 Å². The molecule has 0 fully saturated rings. The molecular formula is C15H29NO3. The third-order valence-electron chi connectivity index (χ3n) is 3.18. The lowest BCUT2D eigenvalue weighted by atomic mass is 9.85. The highest BCUT2D eigenvalue weighted by Gasteiger charge is 2.26. The molecule has 0 aromatic rings. The molecule has 0 heterocycles. The van der Waals surface area contributed by atoms with E-state index in [1.54, 1.807) is 0 Å². The molecule has 0 radical (unpaired) electrons. The Labute approximate surface area is 117 Å². The predicted molar refractivity (Wildman–Crippen MR) is 77.0 cm³/mol. The highest BCUT2D eigenvalue weighted by atomic mass is 16.4. The fourth-order valence-electron chi connectivity index (χ4n) is 2.27. The van der Waals surface area contributed by atoms with Gasteiger partial charge in [-0.05, 0) is 18.3 Å². The Morgan fingerprint density at radius 3 is 2.21 bits per heavy atom. The van der Waals surface area contributed by atoms with E-state index in [0.717, 1.165) is 32.1 Å². The first-order chi connectivity index (χ1) is 8.80. The van der Waals surface area contributed by atoms with Gasteiger partial charge in [-0.25, -0.2) is 0 Å². The van der Waals surface area contributed by atoms with E-state index in [1.807, 2.05) is 13.8 Å². The van der Waals surface area contributed by atoms with Crippen LogP contribution in [0.5, 0.6) is 0 Å². The molecule has 0 aliphatic carbocycles. The molecule has 4 heteroatoms. The number of unbranched alkanes of at least 4 members (excludes halogenated alkanes) is 1. The molecule has 0 aromatic heterocycles. The molecule has 19 heavy (non-hydrogen) atoms. The standard InChI is InChI=1S/C15H29NO3/c1-5-7-9-12(8-6-2)16-13(17)10-15(3,4)11-14(18)19/h12H,5-11H2,1-4H3,(H,16,17)(H,18,19). The molecule has 0 bridgehead atoms. The summed E-state index contributed by atoms with van der Waals surface area (Å²) < 4.78 is 0. The molecule has 0 spiro atoms. The van der Waals surface area contributed by atoms with Crippen LogP contribution in [-0.4, -0.2) is 23.0 Å². The minimum Gasteiger partial charge on any atom is -0.481 e. The van der Waals surface area contributed by atoms with Crippen LogP contribution in [-0.2, 0) is 9.59 Å². The number of carbonyl (C=O) groups excluding carboxylic acids is 1. The van der Waals surface area contributed by atoms with Gasteiger partial charge in [0.15, 0.2) is 0 Å². The molecule has 1 unspecified atom stereocenters. The first-order valence-corrected chi connectivity index (χ1v) is 7.32. The van der Waals surface area contributed by atoms with Gasteiger partial charge in [0.05, 0.1) is 6.42 Å². The van der Waals surface area contributed by atoms with Crippen molar-refractivity contribution in [2.75, 3.05) is 0 Å². The Hall–Kier alpha value is -1.06. The lowest BCUT2D eigenvalue weighted by molar-refractivity contribution is -0.139. The van der Waals surface area contributed by atoms with Gasteiger partial charge in [0, 0.05) is 12.5 Å². The monoisotopic (exact) mass is 271 g/mol. The van der Waals surface area contributed by atoms with Crippen molar-refractivity contribution in [3.8, 4) is 0 Å². The summed E-state index contributed by atoms with van der Waals surface area (Å²) in [4.78, 5) is 22.7. The molecule has 0 rings (SSSR count). The Kier molecular flexibility index (Phi) is 8.44. The maximum atomic E-state index is 12.0. The summed E-state index contributed by atoms with van der Waals surface area (Å²) >= 11 is 0. The van der Waals surface area contributed by atoms with Crippen molar-refractivity contribution in [1.82, 2.24) is 5.32 Å². The minimum absolute atomic E-state index is 0.0217. The van der Waals surface area contributed by atoms with Crippen LogP contribution in [0.25, 0.3) is 0 Å². The van der Waals surface area contributed by atoms with E-state index in [9.17, 15) is 9.59 Å². The normalized spacial score (nSPS) is 13.1. The zero-order valence-corrected chi connectivity index (χ0v) is 12.8. The van der Waals surface area contributed by atoms with Gasteiger partial charge in [0.1, 0.15) is 0 Å². The smallest absolute Gasteiger partial charge is 0.303 e. The summed E-state index contributed by atoms with van der Waals surface area (Å²) in [6.07, 6.45) is 5.58. The Morgan fingerprint density at radius 2 is 1.74 bits per heavy atom. The molecule has 0 aromatic carbocycles.